The van der Waals surface area contributed by atoms with E-state index in [-0.39, 0.29) is 5.82 Å². The fraction of sp³-hybridized carbons (Fsp3) is 0.154. The molecule has 0 aliphatic rings. The van der Waals surface area contributed by atoms with Crippen LogP contribution in [0, 0.1) is 5.82 Å². The van der Waals surface area contributed by atoms with E-state index in [2.05, 4.69) is 10.3 Å². The van der Waals surface area contributed by atoms with Gasteiger partial charge >= 0.3 is 0 Å². The van der Waals surface area contributed by atoms with Gasteiger partial charge in [-0.1, -0.05) is 12.1 Å². The van der Waals surface area contributed by atoms with E-state index >= 15 is 0 Å². The van der Waals surface area contributed by atoms with E-state index in [0.717, 1.165) is 10.5 Å². The van der Waals surface area contributed by atoms with Crippen LogP contribution in [0.25, 0.3) is 0 Å². The minimum Gasteiger partial charge on any atom is -0.366 e. The predicted octanol–water partition coefficient (Wildman–Crippen LogP) is 2.57. The van der Waals surface area contributed by atoms with Crippen LogP contribution in [0.4, 0.5) is 10.2 Å². The number of rotatable bonds is 4. The highest BCUT2D eigenvalue weighted by Gasteiger charge is 1.99. The molecule has 5 heteroatoms. The van der Waals surface area contributed by atoms with Gasteiger partial charge in [0.2, 0.25) is 0 Å². The minimum absolute atomic E-state index is 0.352. The van der Waals surface area contributed by atoms with Crippen molar-refractivity contribution in [3.63, 3.8) is 0 Å². The molecule has 0 aliphatic heterocycles. The summed E-state index contributed by atoms with van der Waals surface area (Å²) in [7, 11) is -0.954. The monoisotopic (exact) mass is 264 g/mol. The summed E-state index contributed by atoms with van der Waals surface area (Å²) in [5, 5.41) is 3.08. The molecule has 0 fully saturated rings. The van der Waals surface area contributed by atoms with Crippen molar-refractivity contribution in [1.82, 2.24) is 4.98 Å². The van der Waals surface area contributed by atoms with E-state index in [0.29, 0.717) is 12.4 Å². The number of pyridine rings is 1. The topological polar surface area (TPSA) is 42.0 Å². The average Bonchev–Trinajstić information content (AvgIpc) is 2.38. The summed E-state index contributed by atoms with van der Waals surface area (Å²) in [4.78, 5) is 4.71. The van der Waals surface area contributed by atoms with Crippen molar-refractivity contribution in [1.29, 1.82) is 0 Å². The van der Waals surface area contributed by atoms with E-state index in [1.165, 1.54) is 12.3 Å². The third-order valence-electron chi connectivity index (χ3n) is 2.46. The van der Waals surface area contributed by atoms with Gasteiger partial charge < -0.3 is 5.32 Å². The lowest BCUT2D eigenvalue weighted by Gasteiger charge is -2.06. The summed E-state index contributed by atoms with van der Waals surface area (Å²) in [5.41, 5.74) is 1.05. The maximum Gasteiger partial charge on any atom is 0.141 e. The summed E-state index contributed by atoms with van der Waals surface area (Å²) < 4.78 is 23.9. The molecule has 0 amide bonds. The number of nitrogens with one attached hydrogen (secondary N) is 1. The van der Waals surface area contributed by atoms with E-state index < -0.39 is 10.8 Å². The number of aromatic nitrogens is 1. The van der Waals surface area contributed by atoms with Crippen LogP contribution in [0.1, 0.15) is 5.56 Å². The van der Waals surface area contributed by atoms with Crippen molar-refractivity contribution >= 4 is 16.6 Å². The van der Waals surface area contributed by atoms with Crippen LogP contribution in [0.2, 0.25) is 0 Å². The smallest absolute Gasteiger partial charge is 0.141 e. The zero-order valence-corrected chi connectivity index (χ0v) is 10.7. The molecule has 0 unspecified atom stereocenters. The lowest BCUT2D eigenvalue weighted by molar-refractivity contribution is 0.621. The molecule has 3 nitrogen and oxygen atoms in total. The molecule has 1 heterocycles. The fourth-order valence-electron chi connectivity index (χ4n) is 1.47. The number of anilines is 1. The first kappa shape index (κ1) is 12.7. The molecule has 94 valence electrons. The van der Waals surface area contributed by atoms with Gasteiger partial charge in [0.1, 0.15) is 11.6 Å². The van der Waals surface area contributed by atoms with Crippen LogP contribution in [0.5, 0.6) is 0 Å². The lowest BCUT2D eigenvalue weighted by Crippen LogP contribution is -2.01. The third kappa shape index (κ3) is 3.37. The van der Waals surface area contributed by atoms with Gasteiger partial charge in [0.25, 0.3) is 0 Å². The highest BCUT2D eigenvalue weighted by atomic mass is 32.2. The fourth-order valence-corrected chi connectivity index (χ4v) is 1.99. The summed E-state index contributed by atoms with van der Waals surface area (Å²) in [6.45, 7) is 0.593. The minimum atomic E-state index is -0.954. The van der Waals surface area contributed by atoms with Gasteiger partial charge in [-0.05, 0) is 29.8 Å². The van der Waals surface area contributed by atoms with Gasteiger partial charge in [0, 0.05) is 28.5 Å². The van der Waals surface area contributed by atoms with Crippen LogP contribution >= 0.6 is 0 Å². The van der Waals surface area contributed by atoms with E-state index in [1.807, 2.05) is 24.3 Å². The standard InChI is InChI=1S/C13H13FN2OS/c1-18(17)12-5-2-10(3-6-12)8-15-13-7-4-11(14)9-16-13/h2-7,9H,8H2,1H3,(H,15,16)/t18-/m0/s1. The van der Waals surface area contributed by atoms with Crippen molar-refractivity contribution in [2.24, 2.45) is 0 Å². The third-order valence-corrected chi connectivity index (χ3v) is 3.39. The Morgan fingerprint density at radius 3 is 2.50 bits per heavy atom. The number of hydrogen-bond acceptors (Lipinski definition) is 3. The van der Waals surface area contributed by atoms with E-state index in [4.69, 9.17) is 0 Å². The van der Waals surface area contributed by atoms with E-state index in [1.54, 1.807) is 12.3 Å². The molecular formula is C13H13FN2OS. The Balaban J connectivity index is 1.97. The molecule has 1 aromatic heterocycles. The zero-order valence-electron chi connectivity index (χ0n) is 9.89. The Hall–Kier alpha value is -1.75. The number of benzene rings is 1. The molecule has 1 N–H and O–H groups in total. The van der Waals surface area contributed by atoms with Crippen LogP contribution in [-0.2, 0) is 17.3 Å². The first-order chi connectivity index (χ1) is 8.65. The predicted molar refractivity (Wildman–Crippen MR) is 70.3 cm³/mol. The summed E-state index contributed by atoms with van der Waals surface area (Å²) >= 11 is 0. The zero-order chi connectivity index (χ0) is 13.0. The van der Waals surface area contributed by atoms with Gasteiger partial charge in [-0.25, -0.2) is 9.37 Å². The molecule has 0 bridgehead atoms. The van der Waals surface area contributed by atoms with Crippen LogP contribution in [-0.4, -0.2) is 15.4 Å². The molecule has 2 aromatic rings. The molecule has 0 radical (unpaired) electrons. The first-order valence-electron chi connectivity index (χ1n) is 5.43. The molecule has 0 spiro atoms. The van der Waals surface area contributed by atoms with Gasteiger partial charge in [0.05, 0.1) is 6.20 Å². The van der Waals surface area contributed by atoms with Gasteiger partial charge in [-0.2, -0.15) is 0 Å². The molecule has 0 saturated heterocycles. The number of hydrogen-bond donors (Lipinski definition) is 1. The highest BCUT2D eigenvalue weighted by molar-refractivity contribution is 7.84. The Labute approximate surface area is 108 Å². The normalized spacial score (nSPS) is 12.1. The molecule has 0 aliphatic carbocycles. The molecule has 0 saturated carbocycles. The largest absolute Gasteiger partial charge is 0.366 e. The van der Waals surface area contributed by atoms with Crippen molar-refractivity contribution in [3.05, 3.63) is 54.0 Å². The Bertz CT molecular complexity index is 540. The molecule has 1 aromatic carbocycles. The van der Waals surface area contributed by atoms with Crippen LogP contribution < -0.4 is 5.32 Å². The Morgan fingerprint density at radius 2 is 1.94 bits per heavy atom. The van der Waals surface area contributed by atoms with Gasteiger partial charge in [0.15, 0.2) is 0 Å². The van der Waals surface area contributed by atoms with Crippen molar-refractivity contribution < 1.29 is 8.60 Å². The molecular weight excluding hydrogens is 251 g/mol. The molecule has 2 rings (SSSR count). The highest BCUT2D eigenvalue weighted by Crippen LogP contribution is 2.10. The van der Waals surface area contributed by atoms with Crippen molar-refractivity contribution in [2.45, 2.75) is 11.4 Å². The number of halogens is 1. The number of nitrogens with zero attached hydrogens (tertiary/aromatic N) is 1. The summed E-state index contributed by atoms with van der Waals surface area (Å²) in [6, 6.07) is 10.4. The second-order valence-corrected chi connectivity index (χ2v) is 5.19. The maximum atomic E-state index is 12.7. The quantitative estimate of drug-likeness (QED) is 0.923. The first-order valence-corrected chi connectivity index (χ1v) is 6.99. The van der Waals surface area contributed by atoms with Crippen molar-refractivity contribution in [2.75, 3.05) is 11.6 Å². The van der Waals surface area contributed by atoms with Gasteiger partial charge in [-0.3, -0.25) is 4.21 Å². The van der Waals surface area contributed by atoms with Crippen LogP contribution in [0.3, 0.4) is 0 Å². The summed E-state index contributed by atoms with van der Waals surface area (Å²) in [5.74, 6) is 0.273. The molecule has 18 heavy (non-hydrogen) atoms. The Morgan fingerprint density at radius 1 is 1.22 bits per heavy atom. The van der Waals surface area contributed by atoms with Gasteiger partial charge in [-0.15, -0.1) is 0 Å². The average molecular weight is 264 g/mol. The summed E-state index contributed by atoms with van der Waals surface area (Å²) in [6.07, 6.45) is 2.82. The second kappa shape index (κ2) is 5.73. The van der Waals surface area contributed by atoms with Crippen LogP contribution in [0.15, 0.2) is 47.5 Å². The Kier molecular flexibility index (Phi) is 4.04. The SMILES string of the molecule is C[S@](=O)c1ccc(CNc2ccc(F)cn2)cc1. The van der Waals surface area contributed by atoms with Crippen molar-refractivity contribution in [3.8, 4) is 0 Å². The molecule has 1 atom stereocenters. The van der Waals surface area contributed by atoms with E-state index in [9.17, 15) is 8.60 Å². The lowest BCUT2D eigenvalue weighted by atomic mass is 10.2. The maximum absolute atomic E-state index is 12.7. The second-order valence-electron chi connectivity index (χ2n) is 3.81.